The summed E-state index contributed by atoms with van der Waals surface area (Å²) in [4.78, 5) is 24.5. The van der Waals surface area contributed by atoms with Gasteiger partial charge in [-0.15, -0.1) is 11.3 Å². The van der Waals surface area contributed by atoms with Crippen molar-refractivity contribution in [1.82, 2.24) is 0 Å². The van der Waals surface area contributed by atoms with Crippen molar-refractivity contribution in [2.24, 2.45) is 5.73 Å². The molecule has 0 saturated carbocycles. The highest BCUT2D eigenvalue weighted by Crippen LogP contribution is 2.32. The van der Waals surface area contributed by atoms with E-state index in [0.29, 0.717) is 20.6 Å². The number of primary amides is 1. The van der Waals surface area contributed by atoms with Crippen molar-refractivity contribution < 1.29 is 9.59 Å². The number of hydrogen-bond donors (Lipinski definition) is 2. The lowest BCUT2D eigenvalue weighted by Crippen LogP contribution is -2.16. The molecule has 0 saturated heterocycles. The molecule has 0 unspecified atom stereocenters. The minimum Gasteiger partial charge on any atom is -0.365 e. The Hall–Kier alpha value is -1.82. The van der Waals surface area contributed by atoms with Crippen LogP contribution in [-0.2, 0) is 4.79 Å². The number of rotatable bonds is 4. The van der Waals surface area contributed by atoms with Gasteiger partial charge < -0.3 is 11.1 Å². The molecule has 0 radical (unpaired) electrons. The molecular formula is C16H14Cl2N2O2S. The van der Waals surface area contributed by atoms with Crippen LogP contribution in [0.4, 0.5) is 5.00 Å². The number of aryl methyl sites for hydroxylation is 1. The van der Waals surface area contributed by atoms with E-state index in [1.54, 1.807) is 31.2 Å². The summed E-state index contributed by atoms with van der Waals surface area (Å²) in [6.45, 7) is 3.67. The molecule has 0 aliphatic rings. The average molecular weight is 369 g/mol. The zero-order chi connectivity index (χ0) is 17.1. The maximum absolute atomic E-state index is 12.0. The van der Waals surface area contributed by atoms with E-state index in [4.69, 9.17) is 28.9 Å². The van der Waals surface area contributed by atoms with E-state index in [0.717, 1.165) is 16.0 Å². The number of carbonyl (C=O) groups excluding carboxylic acids is 2. The number of thiophene rings is 1. The van der Waals surface area contributed by atoms with Crippen molar-refractivity contribution in [3.8, 4) is 0 Å². The fourth-order valence-electron chi connectivity index (χ4n) is 1.95. The molecule has 2 rings (SSSR count). The lowest BCUT2D eigenvalue weighted by Gasteiger charge is -2.02. The second kappa shape index (κ2) is 7.17. The standard InChI is InChI=1S/C16H14Cl2N2O2S/c1-8-9(2)23-16(14(8)15(19)22)20-13(21)6-4-10-3-5-11(17)12(18)7-10/h3-7H,1-2H3,(H2,19,22)(H,20,21). The molecule has 0 spiro atoms. The maximum atomic E-state index is 12.0. The molecule has 0 aliphatic carbocycles. The molecule has 2 aromatic rings. The van der Waals surface area contributed by atoms with Crippen LogP contribution < -0.4 is 11.1 Å². The molecule has 4 nitrogen and oxygen atoms in total. The number of nitrogens with one attached hydrogen (secondary N) is 1. The molecule has 23 heavy (non-hydrogen) atoms. The molecule has 0 aliphatic heterocycles. The highest BCUT2D eigenvalue weighted by molar-refractivity contribution is 7.16. The summed E-state index contributed by atoms with van der Waals surface area (Å²) < 4.78 is 0. The van der Waals surface area contributed by atoms with E-state index in [2.05, 4.69) is 5.32 Å². The Morgan fingerprint density at radius 1 is 1.22 bits per heavy atom. The first kappa shape index (κ1) is 17.5. The van der Waals surface area contributed by atoms with Crippen LogP contribution >= 0.6 is 34.5 Å². The van der Waals surface area contributed by atoms with Crippen molar-refractivity contribution in [2.75, 3.05) is 5.32 Å². The Balaban J connectivity index is 2.16. The van der Waals surface area contributed by atoms with E-state index < -0.39 is 5.91 Å². The number of nitrogens with two attached hydrogens (primary N) is 1. The quantitative estimate of drug-likeness (QED) is 0.783. The van der Waals surface area contributed by atoms with E-state index in [1.807, 2.05) is 6.92 Å². The van der Waals surface area contributed by atoms with Gasteiger partial charge >= 0.3 is 0 Å². The number of carbonyl (C=O) groups is 2. The molecule has 3 N–H and O–H groups in total. The molecule has 1 heterocycles. The minimum atomic E-state index is -0.560. The minimum absolute atomic E-state index is 0.351. The van der Waals surface area contributed by atoms with Crippen LogP contribution in [0, 0.1) is 13.8 Å². The van der Waals surface area contributed by atoms with E-state index in [1.165, 1.54) is 17.4 Å². The second-order valence-corrected chi connectivity index (χ2v) is 6.89. The summed E-state index contributed by atoms with van der Waals surface area (Å²) in [6.07, 6.45) is 2.96. The third-order valence-corrected chi connectivity index (χ3v) is 5.10. The van der Waals surface area contributed by atoms with Crippen LogP contribution in [0.2, 0.25) is 10.0 Å². The highest BCUT2D eigenvalue weighted by atomic mass is 35.5. The van der Waals surface area contributed by atoms with Crippen molar-refractivity contribution >= 4 is 57.4 Å². The summed E-state index contributed by atoms with van der Waals surface area (Å²) >= 11 is 13.1. The molecular weight excluding hydrogens is 355 g/mol. The molecule has 1 aromatic carbocycles. The monoisotopic (exact) mass is 368 g/mol. The normalized spacial score (nSPS) is 11.0. The Labute approximate surface area is 147 Å². The van der Waals surface area contributed by atoms with Gasteiger partial charge in [-0.05, 0) is 43.2 Å². The van der Waals surface area contributed by atoms with E-state index >= 15 is 0 Å². The third-order valence-electron chi connectivity index (χ3n) is 3.24. The number of benzene rings is 1. The van der Waals surface area contributed by atoms with Gasteiger partial charge in [0.25, 0.3) is 5.91 Å². The molecule has 120 valence electrons. The van der Waals surface area contributed by atoms with Crippen LogP contribution in [0.5, 0.6) is 0 Å². The van der Waals surface area contributed by atoms with Crippen molar-refractivity contribution in [3.63, 3.8) is 0 Å². The smallest absolute Gasteiger partial charge is 0.251 e. The van der Waals surface area contributed by atoms with Gasteiger partial charge in [0.2, 0.25) is 5.91 Å². The molecule has 7 heteroatoms. The van der Waals surface area contributed by atoms with Crippen LogP contribution in [-0.4, -0.2) is 11.8 Å². The zero-order valence-corrected chi connectivity index (χ0v) is 14.8. The molecule has 0 bridgehead atoms. The predicted molar refractivity (Wildman–Crippen MR) is 96.4 cm³/mol. The second-order valence-electron chi connectivity index (χ2n) is 4.85. The first-order valence-electron chi connectivity index (χ1n) is 6.63. The van der Waals surface area contributed by atoms with E-state index in [-0.39, 0.29) is 5.91 Å². The van der Waals surface area contributed by atoms with Gasteiger partial charge in [-0.1, -0.05) is 29.3 Å². The highest BCUT2D eigenvalue weighted by Gasteiger charge is 2.18. The maximum Gasteiger partial charge on any atom is 0.251 e. The number of anilines is 1. The fourth-order valence-corrected chi connectivity index (χ4v) is 3.33. The first-order chi connectivity index (χ1) is 10.8. The number of halogens is 2. The topological polar surface area (TPSA) is 72.2 Å². The van der Waals surface area contributed by atoms with Gasteiger partial charge in [-0.2, -0.15) is 0 Å². The van der Waals surface area contributed by atoms with Gasteiger partial charge in [-0.25, -0.2) is 0 Å². The largest absolute Gasteiger partial charge is 0.365 e. The molecule has 1 aromatic heterocycles. The SMILES string of the molecule is Cc1sc(NC(=O)C=Cc2ccc(Cl)c(Cl)c2)c(C(N)=O)c1C. The Morgan fingerprint density at radius 3 is 2.52 bits per heavy atom. The van der Waals surface area contributed by atoms with Gasteiger partial charge in [0.05, 0.1) is 15.6 Å². The van der Waals surface area contributed by atoms with Gasteiger partial charge in [0.1, 0.15) is 5.00 Å². The molecule has 2 amide bonds. The van der Waals surface area contributed by atoms with Crippen molar-refractivity contribution in [2.45, 2.75) is 13.8 Å². The third kappa shape index (κ3) is 4.13. The van der Waals surface area contributed by atoms with E-state index in [9.17, 15) is 9.59 Å². The van der Waals surface area contributed by atoms with Crippen molar-refractivity contribution in [1.29, 1.82) is 0 Å². The zero-order valence-electron chi connectivity index (χ0n) is 12.4. The summed E-state index contributed by atoms with van der Waals surface area (Å²) in [6, 6.07) is 5.05. The lowest BCUT2D eigenvalue weighted by atomic mass is 10.1. The average Bonchev–Trinajstić information content (AvgIpc) is 2.75. The Morgan fingerprint density at radius 2 is 1.91 bits per heavy atom. The fraction of sp³-hybridized carbons (Fsp3) is 0.125. The van der Waals surface area contributed by atoms with Gasteiger partial charge in [0.15, 0.2) is 0 Å². The first-order valence-corrected chi connectivity index (χ1v) is 8.20. The Kier molecular flexibility index (Phi) is 5.46. The molecule has 0 atom stereocenters. The molecule has 0 fully saturated rings. The van der Waals surface area contributed by atoms with Crippen LogP contribution in [0.25, 0.3) is 6.08 Å². The van der Waals surface area contributed by atoms with Gasteiger partial charge in [-0.3, -0.25) is 9.59 Å². The summed E-state index contributed by atoms with van der Waals surface area (Å²) in [5, 5.41) is 4.00. The number of amides is 2. The van der Waals surface area contributed by atoms with Crippen LogP contribution in [0.15, 0.2) is 24.3 Å². The Bertz CT molecular complexity index is 813. The number of hydrogen-bond acceptors (Lipinski definition) is 3. The summed E-state index contributed by atoms with van der Waals surface area (Å²) in [7, 11) is 0. The summed E-state index contributed by atoms with van der Waals surface area (Å²) in [5.41, 5.74) is 7.24. The summed E-state index contributed by atoms with van der Waals surface area (Å²) in [5.74, 6) is -0.921. The predicted octanol–water partition coefficient (Wildman–Crippen LogP) is 4.42. The van der Waals surface area contributed by atoms with Crippen LogP contribution in [0.1, 0.15) is 26.4 Å². The van der Waals surface area contributed by atoms with Gasteiger partial charge in [0, 0.05) is 11.0 Å². The lowest BCUT2D eigenvalue weighted by molar-refractivity contribution is -0.111. The van der Waals surface area contributed by atoms with Crippen LogP contribution in [0.3, 0.4) is 0 Å². The van der Waals surface area contributed by atoms with Crippen molar-refractivity contribution in [3.05, 3.63) is 55.9 Å².